The van der Waals surface area contributed by atoms with Gasteiger partial charge in [0.2, 0.25) is 0 Å². The zero-order valence-corrected chi connectivity index (χ0v) is 10.4. The van der Waals surface area contributed by atoms with Gasteiger partial charge in [-0.3, -0.25) is 14.8 Å². The molecule has 2 N–H and O–H groups in total. The topological polar surface area (TPSA) is 99.9 Å². The number of hydrogen-bond donors (Lipinski definition) is 2. The van der Waals surface area contributed by atoms with Crippen LogP contribution in [0.3, 0.4) is 0 Å². The fourth-order valence-corrected chi connectivity index (χ4v) is 2.02. The van der Waals surface area contributed by atoms with Gasteiger partial charge in [0.05, 0.1) is 11.3 Å². The monoisotopic (exact) mass is 260 g/mol. The minimum absolute atomic E-state index is 0.107. The molecule has 6 heteroatoms. The van der Waals surface area contributed by atoms with Crippen molar-refractivity contribution in [2.45, 2.75) is 13.8 Å². The Morgan fingerprint density at radius 1 is 1.26 bits per heavy atom. The van der Waals surface area contributed by atoms with Gasteiger partial charge in [-0.2, -0.15) is 0 Å². The minimum Gasteiger partial charge on any atom is -0.480 e. The second-order valence-electron chi connectivity index (χ2n) is 4.37. The largest absolute Gasteiger partial charge is 0.480 e. The van der Waals surface area contributed by atoms with E-state index in [0.717, 1.165) is 0 Å². The number of aliphatic carboxylic acids is 2. The minimum atomic E-state index is -1.63. The Bertz CT molecular complexity index is 619. The number of hydrogen-bond acceptors (Lipinski definition) is 4. The maximum Gasteiger partial charge on any atom is 0.335 e. The van der Waals surface area contributed by atoms with Gasteiger partial charge < -0.3 is 10.2 Å². The molecule has 1 aromatic rings. The molecule has 98 valence electrons. The Kier molecular flexibility index (Phi) is 2.94. The molecule has 0 amide bonds. The number of nitrogens with zero attached hydrogens (tertiary/aromatic N) is 2. The van der Waals surface area contributed by atoms with Crippen molar-refractivity contribution in [2.75, 3.05) is 0 Å². The number of carbonyl (C=O) groups is 2. The van der Waals surface area contributed by atoms with E-state index in [1.807, 2.05) is 0 Å². The summed E-state index contributed by atoms with van der Waals surface area (Å²) in [4.78, 5) is 31.0. The van der Waals surface area contributed by atoms with Crippen LogP contribution in [0.5, 0.6) is 0 Å². The quantitative estimate of drug-likeness (QED) is 0.856. The van der Waals surface area contributed by atoms with Crippen LogP contribution in [0.1, 0.15) is 19.5 Å². The van der Waals surface area contributed by atoms with Crippen LogP contribution in [0.15, 0.2) is 35.0 Å². The van der Waals surface area contributed by atoms with Crippen LogP contribution in [0.25, 0.3) is 5.70 Å². The van der Waals surface area contributed by atoms with Gasteiger partial charge in [0.25, 0.3) is 0 Å². The van der Waals surface area contributed by atoms with Crippen molar-refractivity contribution < 1.29 is 19.8 Å². The van der Waals surface area contributed by atoms with Crippen molar-refractivity contribution in [3.8, 4) is 0 Å². The molecule has 0 radical (unpaired) electrons. The highest BCUT2D eigenvalue weighted by atomic mass is 16.4. The summed E-state index contributed by atoms with van der Waals surface area (Å²) in [6, 6.07) is 4.98. The molecule has 0 saturated heterocycles. The summed E-state index contributed by atoms with van der Waals surface area (Å²) in [5, 5.41) is 18.7. The van der Waals surface area contributed by atoms with E-state index in [2.05, 4.69) is 9.98 Å². The highest BCUT2D eigenvalue weighted by Gasteiger charge is 2.49. The van der Waals surface area contributed by atoms with E-state index >= 15 is 0 Å². The lowest BCUT2D eigenvalue weighted by atomic mass is 9.79. The van der Waals surface area contributed by atoms with Crippen molar-refractivity contribution in [3.05, 3.63) is 35.7 Å². The van der Waals surface area contributed by atoms with Crippen molar-refractivity contribution in [1.29, 1.82) is 0 Å². The van der Waals surface area contributed by atoms with Gasteiger partial charge in [0.15, 0.2) is 0 Å². The lowest BCUT2D eigenvalue weighted by molar-refractivity contribution is -0.145. The highest BCUT2D eigenvalue weighted by molar-refractivity contribution is 6.21. The van der Waals surface area contributed by atoms with Crippen molar-refractivity contribution in [3.63, 3.8) is 0 Å². The Morgan fingerprint density at radius 3 is 2.42 bits per heavy atom. The van der Waals surface area contributed by atoms with Gasteiger partial charge in [-0.15, -0.1) is 0 Å². The molecular weight excluding hydrogens is 248 g/mol. The molecule has 0 aliphatic carbocycles. The second-order valence-corrected chi connectivity index (χ2v) is 4.37. The number of aromatic nitrogens is 1. The van der Waals surface area contributed by atoms with Crippen LogP contribution in [-0.4, -0.2) is 32.8 Å². The molecule has 6 nitrogen and oxygen atoms in total. The van der Waals surface area contributed by atoms with E-state index in [9.17, 15) is 19.8 Å². The van der Waals surface area contributed by atoms with Crippen molar-refractivity contribution in [2.24, 2.45) is 10.4 Å². The summed E-state index contributed by atoms with van der Waals surface area (Å²) in [5.41, 5.74) is -1.19. The molecular formula is C13H12N2O4. The van der Waals surface area contributed by atoms with Crippen molar-refractivity contribution >= 4 is 23.3 Å². The second kappa shape index (κ2) is 4.31. The first kappa shape index (κ1) is 12.9. The van der Waals surface area contributed by atoms with Crippen LogP contribution >= 0.6 is 0 Å². The SMILES string of the molecule is CC1=NC(c2ccccn2)=C(C(=O)O)C1(C)C(=O)O. The maximum atomic E-state index is 11.4. The Labute approximate surface area is 109 Å². The van der Waals surface area contributed by atoms with E-state index in [1.54, 1.807) is 18.2 Å². The Hall–Kier alpha value is -2.50. The summed E-state index contributed by atoms with van der Waals surface area (Å²) in [5.74, 6) is -2.54. The predicted octanol–water partition coefficient (Wildman–Crippen LogP) is 1.44. The van der Waals surface area contributed by atoms with E-state index < -0.39 is 17.4 Å². The van der Waals surface area contributed by atoms with Gasteiger partial charge in [-0.1, -0.05) is 6.07 Å². The zero-order chi connectivity index (χ0) is 14.2. The third kappa shape index (κ3) is 1.81. The maximum absolute atomic E-state index is 11.4. The number of carboxylic acid groups (broad SMARTS) is 2. The van der Waals surface area contributed by atoms with Crippen LogP contribution < -0.4 is 0 Å². The van der Waals surface area contributed by atoms with E-state index in [4.69, 9.17) is 0 Å². The number of rotatable bonds is 3. The fraction of sp³-hybridized carbons (Fsp3) is 0.231. The normalized spacial score (nSPS) is 22.3. The molecule has 2 heterocycles. The van der Waals surface area contributed by atoms with Gasteiger partial charge in [0, 0.05) is 11.9 Å². The highest BCUT2D eigenvalue weighted by Crippen LogP contribution is 2.41. The molecule has 0 aromatic carbocycles. The molecule has 0 spiro atoms. The van der Waals surface area contributed by atoms with Crippen LogP contribution in [0.4, 0.5) is 0 Å². The smallest absolute Gasteiger partial charge is 0.335 e. The van der Waals surface area contributed by atoms with Crippen LogP contribution in [0, 0.1) is 5.41 Å². The molecule has 1 aliphatic heterocycles. The summed E-state index contributed by atoms with van der Waals surface area (Å²) in [6.07, 6.45) is 1.50. The summed E-state index contributed by atoms with van der Waals surface area (Å²) < 4.78 is 0. The van der Waals surface area contributed by atoms with Crippen LogP contribution in [0.2, 0.25) is 0 Å². The Morgan fingerprint density at radius 2 is 1.95 bits per heavy atom. The summed E-state index contributed by atoms with van der Waals surface area (Å²) >= 11 is 0. The molecule has 2 rings (SSSR count). The predicted molar refractivity (Wildman–Crippen MR) is 67.6 cm³/mol. The molecule has 1 atom stereocenters. The lowest BCUT2D eigenvalue weighted by Crippen LogP contribution is -2.37. The first-order chi connectivity index (χ1) is 8.89. The molecule has 1 aromatic heterocycles. The van der Waals surface area contributed by atoms with E-state index in [1.165, 1.54) is 20.0 Å². The van der Waals surface area contributed by atoms with E-state index in [-0.39, 0.29) is 17.0 Å². The first-order valence-corrected chi connectivity index (χ1v) is 5.57. The standard InChI is InChI=1S/C13H12N2O4/c1-7-13(2,12(18)19)9(11(16)17)10(15-7)8-5-3-4-6-14-8/h3-6H,1-2H3,(H,16,17)(H,18,19). The number of aliphatic imine (C=N–C) groups is 1. The fourth-order valence-electron chi connectivity index (χ4n) is 2.02. The van der Waals surface area contributed by atoms with Gasteiger partial charge in [-0.25, -0.2) is 4.79 Å². The molecule has 0 saturated carbocycles. The summed E-state index contributed by atoms with van der Waals surface area (Å²) in [6.45, 7) is 2.85. The van der Waals surface area contributed by atoms with Gasteiger partial charge in [0.1, 0.15) is 11.1 Å². The van der Waals surface area contributed by atoms with Crippen LogP contribution in [-0.2, 0) is 9.59 Å². The summed E-state index contributed by atoms with van der Waals surface area (Å²) in [7, 11) is 0. The molecule has 19 heavy (non-hydrogen) atoms. The first-order valence-electron chi connectivity index (χ1n) is 5.57. The van der Waals surface area contributed by atoms with Gasteiger partial charge >= 0.3 is 11.9 Å². The number of carboxylic acids is 2. The Balaban J connectivity index is 2.72. The van der Waals surface area contributed by atoms with Gasteiger partial charge in [-0.05, 0) is 26.0 Å². The number of pyridine rings is 1. The lowest BCUT2D eigenvalue weighted by Gasteiger charge is -2.20. The average molecular weight is 260 g/mol. The van der Waals surface area contributed by atoms with E-state index in [0.29, 0.717) is 5.69 Å². The molecule has 0 fully saturated rings. The molecule has 0 bridgehead atoms. The average Bonchev–Trinajstić information content (AvgIpc) is 2.64. The zero-order valence-electron chi connectivity index (χ0n) is 10.4. The van der Waals surface area contributed by atoms with Crippen molar-refractivity contribution in [1.82, 2.24) is 4.98 Å². The molecule has 1 unspecified atom stereocenters. The third-order valence-corrected chi connectivity index (χ3v) is 3.29. The third-order valence-electron chi connectivity index (χ3n) is 3.29. The molecule has 1 aliphatic rings.